The summed E-state index contributed by atoms with van der Waals surface area (Å²) in [5.74, 6) is -0.592. The summed E-state index contributed by atoms with van der Waals surface area (Å²) in [5, 5.41) is 3.32. The van der Waals surface area contributed by atoms with Crippen LogP contribution in [0.4, 0.5) is 15.8 Å². The minimum atomic E-state index is -3.34. The lowest BCUT2D eigenvalue weighted by Gasteiger charge is -2.38. The molecule has 0 aliphatic carbocycles. The van der Waals surface area contributed by atoms with E-state index in [1.807, 2.05) is 12.1 Å². The van der Waals surface area contributed by atoms with Crippen LogP contribution in [-0.4, -0.2) is 20.6 Å². The summed E-state index contributed by atoms with van der Waals surface area (Å²) >= 11 is 0. The monoisotopic (exact) mass is 396 g/mol. The van der Waals surface area contributed by atoms with E-state index in [2.05, 4.69) is 5.32 Å². The van der Waals surface area contributed by atoms with Gasteiger partial charge in [-0.25, -0.2) is 12.8 Å². The molecule has 3 aromatic carbocycles. The lowest BCUT2D eigenvalue weighted by atomic mass is 10.0. The zero-order valence-corrected chi connectivity index (χ0v) is 15.8. The molecule has 0 spiro atoms. The number of nitrogens with one attached hydrogen (secondary N) is 1. The Labute approximate surface area is 162 Å². The molecule has 28 heavy (non-hydrogen) atoms. The first-order chi connectivity index (χ1) is 13.3. The number of carbonyl (C=O) groups is 1. The fourth-order valence-corrected chi connectivity index (χ4v) is 3.88. The van der Waals surface area contributed by atoms with E-state index < -0.39 is 16.0 Å². The van der Waals surface area contributed by atoms with Crippen LogP contribution in [0, 0.1) is 5.82 Å². The molecule has 5 nitrogen and oxygen atoms in total. The molecule has 1 heterocycles. The summed E-state index contributed by atoms with van der Waals surface area (Å²) in [6.07, 6.45) is 0.569. The Kier molecular flexibility index (Phi) is 4.39. The lowest BCUT2D eigenvalue weighted by molar-refractivity contribution is 0.0975. The van der Waals surface area contributed by atoms with Crippen molar-refractivity contribution in [1.29, 1.82) is 0 Å². The molecule has 4 rings (SSSR count). The Balaban J connectivity index is 1.83. The predicted molar refractivity (Wildman–Crippen MR) is 106 cm³/mol. The number of rotatable bonds is 3. The Hall–Kier alpha value is -3.19. The number of sulfone groups is 1. The van der Waals surface area contributed by atoms with Crippen LogP contribution in [0.2, 0.25) is 0 Å². The molecular formula is C21H17FN2O3S. The quantitative estimate of drug-likeness (QED) is 0.727. The van der Waals surface area contributed by atoms with Gasteiger partial charge in [0.05, 0.1) is 10.5 Å². The molecular weight excluding hydrogens is 379 g/mol. The number of hydrogen-bond donors (Lipinski definition) is 1. The van der Waals surface area contributed by atoms with Gasteiger partial charge in [0.1, 0.15) is 12.0 Å². The van der Waals surface area contributed by atoms with Crippen LogP contribution in [0.25, 0.3) is 0 Å². The molecule has 1 amide bonds. The van der Waals surface area contributed by atoms with Crippen molar-refractivity contribution >= 4 is 27.1 Å². The van der Waals surface area contributed by atoms with Gasteiger partial charge in [-0.15, -0.1) is 0 Å². The van der Waals surface area contributed by atoms with E-state index in [1.165, 1.54) is 24.3 Å². The molecule has 1 atom stereocenters. The van der Waals surface area contributed by atoms with Crippen molar-refractivity contribution < 1.29 is 17.6 Å². The molecule has 0 saturated heterocycles. The van der Waals surface area contributed by atoms with E-state index >= 15 is 0 Å². The van der Waals surface area contributed by atoms with Gasteiger partial charge < -0.3 is 5.32 Å². The number of hydrogen-bond acceptors (Lipinski definition) is 4. The second-order valence-corrected chi connectivity index (χ2v) is 8.60. The SMILES string of the molecule is CS(=O)(=O)c1ccc(N2C(=O)c3ccccc3NC2c2ccc(F)cc2)cc1. The fourth-order valence-electron chi connectivity index (χ4n) is 3.25. The maximum atomic E-state index is 13.4. The fraction of sp³-hybridized carbons (Fsp3) is 0.0952. The molecule has 0 saturated carbocycles. The Morgan fingerprint density at radius 3 is 2.21 bits per heavy atom. The number of nitrogens with zero attached hydrogens (tertiary/aromatic N) is 1. The highest BCUT2D eigenvalue weighted by molar-refractivity contribution is 7.90. The standard InChI is InChI=1S/C21H17FN2O3S/c1-28(26,27)17-12-10-16(11-13-17)24-20(14-6-8-15(22)9-7-14)23-19-5-3-2-4-18(19)21(24)25/h2-13,20,23H,1H3. The van der Waals surface area contributed by atoms with Gasteiger partial charge >= 0.3 is 0 Å². The van der Waals surface area contributed by atoms with E-state index in [0.29, 0.717) is 22.5 Å². The van der Waals surface area contributed by atoms with Crippen molar-refractivity contribution in [2.45, 2.75) is 11.1 Å². The largest absolute Gasteiger partial charge is 0.360 e. The van der Waals surface area contributed by atoms with Crippen LogP contribution < -0.4 is 10.2 Å². The Morgan fingerprint density at radius 1 is 0.929 bits per heavy atom. The molecule has 0 aromatic heterocycles. The van der Waals surface area contributed by atoms with Gasteiger partial charge in [-0.1, -0.05) is 24.3 Å². The number of anilines is 2. The van der Waals surface area contributed by atoms with Gasteiger partial charge in [-0.2, -0.15) is 0 Å². The molecule has 0 bridgehead atoms. The number of benzene rings is 3. The average molecular weight is 396 g/mol. The van der Waals surface area contributed by atoms with Crippen LogP contribution in [0.15, 0.2) is 77.7 Å². The number of carbonyl (C=O) groups excluding carboxylic acids is 1. The maximum Gasteiger partial charge on any atom is 0.262 e. The minimum Gasteiger partial charge on any atom is -0.360 e. The maximum absolute atomic E-state index is 13.4. The average Bonchev–Trinajstić information content (AvgIpc) is 2.68. The van der Waals surface area contributed by atoms with Gasteiger partial charge in [0, 0.05) is 17.6 Å². The van der Waals surface area contributed by atoms with Crippen molar-refractivity contribution in [3.63, 3.8) is 0 Å². The molecule has 0 fully saturated rings. The van der Waals surface area contributed by atoms with Gasteiger partial charge in [0.2, 0.25) is 0 Å². The summed E-state index contributed by atoms with van der Waals surface area (Å²) in [6, 6.07) is 19.2. The Bertz CT molecular complexity index is 1140. The lowest BCUT2D eigenvalue weighted by Crippen LogP contribution is -2.43. The van der Waals surface area contributed by atoms with Gasteiger partial charge in [0.25, 0.3) is 5.91 Å². The van der Waals surface area contributed by atoms with E-state index in [-0.39, 0.29) is 16.6 Å². The van der Waals surface area contributed by atoms with Gasteiger partial charge in [-0.3, -0.25) is 9.69 Å². The second-order valence-electron chi connectivity index (χ2n) is 6.59. The molecule has 1 unspecified atom stereocenters. The number of para-hydroxylation sites is 1. The third-order valence-electron chi connectivity index (χ3n) is 4.66. The predicted octanol–water partition coefficient (Wildman–Crippen LogP) is 4.00. The third-order valence-corrected chi connectivity index (χ3v) is 5.78. The first-order valence-electron chi connectivity index (χ1n) is 8.59. The highest BCUT2D eigenvalue weighted by Crippen LogP contribution is 2.36. The zero-order valence-electron chi connectivity index (χ0n) is 15.0. The smallest absolute Gasteiger partial charge is 0.262 e. The van der Waals surface area contributed by atoms with Crippen molar-refractivity contribution in [3.8, 4) is 0 Å². The highest BCUT2D eigenvalue weighted by atomic mass is 32.2. The second kappa shape index (κ2) is 6.76. The van der Waals surface area contributed by atoms with Crippen molar-refractivity contribution in [2.24, 2.45) is 0 Å². The van der Waals surface area contributed by atoms with Gasteiger partial charge in [0.15, 0.2) is 9.84 Å². The Morgan fingerprint density at radius 2 is 1.57 bits per heavy atom. The number of halogens is 1. The summed E-state index contributed by atoms with van der Waals surface area (Å²) in [4.78, 5) is 15.0. The molecule has 142 valence electrons. The number of amides is 1. The first kappa shape index (κ1) is 18.2. The summed E-state index contributed by atoms with van der Waals surface area (Å²) in [6.45, 7) is 0. The van der Waals surface area contributed by atoms with E-state index in [0.717, 1.165) is 6.26 Å². The molecule has 0 radical (unpaired) electrons. The molecule has 1 aliphatic heterocycles. The van der Waals surface area contributed by atoms with Crippen molar-refractivity contribution in [3.05, 3.63) is 89.7 Å². The van der Waals surface area contributed by atoms with Crippen molar-refractivity contribution in [2.75, 3.05) is 16.5 Å². The van der Waals surface area contributed by atoms with Crippen LogP contribution >= 0.6 is 0 Å². The summed E-state index contributed by atoms with van der Waals surface area (Å²) in [7, 11) is -3.34. The van der Waals surface area contributed by atoms with Crippen molar-refractivity contribution in [1.82, 2.24) is 0 Å². The molecule has 1 N–H and O–H groups in total. The minimum absolute atomic E-state index is 0.174. The summed E-state index contributed by atoms with van der Waals surface area (Å²) in [5.41, 5.74) is 2.43. The molecule has 3 aromatic rings. The van der Waals surface area contributed by atoms with Crippen LogP contribution in [0.3, 0.4) is 0 Å². The number of fused-ring (bicyclic) bond motifs is 1. The first-order valence-corrected chi connectivity index (χ1v) is 10.5. The van der Waals surface area contributed by atoms with E-state index in [1.54, 1.807) is 41.3 Å². The molecule has 1 aliphatic rings. The highest BCUT2D eigenvalue weighted by Gasteiger charge is 2.34. The van der Waals surface area contributed by atoms with E-state index in [4.69, 9.17) is 0 Å². The normalized spacial score (nSPS) is 16.4. The topological polar surface area (TPSA) is 66.5 Å². The molecule has 7 heteroatoms. The zero-order chi connectivity index (χ0) is 19.9. The van der Waals surface area contributed by atoms with E-state index in [9.17, 15) is 17.6 Å². The third kappa shape index (κ3) is 3.25. The van der Waals surface area contributed by atoms with Crippen LogP contribution in [0.1, 0.15) is 22.1 Å². The van der Waals surface area contributed by atoms with Crippen LogP contribution in [-0.2, 0) is 9.84 Å². The summed E-state index contributed by atoms with van der Waals surface area (Å²) < 4.78 is 36.9. The van der Waals surface area contributed by atoms with Crippen LogP contribution in [0.5, 0.6) is 0 Å². The van der Waals surface area contributed by atoms with Gasteiger partial charge in [-0.05, 0) is 54.1 Å².